The molecule has 0 radical (unpaired) electrons. The van der Waals surface area contributed by atoms with Gasteiger partial charge in [-0.2, -0.15) is 0 Å². The fourth-order valence-corrected chi connectivity index (χ4v) is 3.70. The van der Waals surface area contributed by atoms with Crippen molar-refractivity contribution in [2.24, 2.45) is 0 Å². The van der Waals surface area contributed by atoms with E-state index in [-0.39, 0.29) is 18.1 Å². The Labute approximate surface area is 154 Å². The highest BCUT2D eigenvalue weighted by molar-refractivity contribution is 8.00. The number of benzene rings is 1. The normalized spacial score (nSPS) is 17.9. The zero-order valence-corrected chi connectivity index (χ0v) is 15.2. The number of thioether (sulfide) groups is 1. The Balaban J connectivity index is 2.11. The van der Waals surface area contributed by atoms with Gasteiger partial charge in [-0.3, -0.25) is 14.4 Å². The van der Waals surface area contributed by atoms with Crippen LogP contribution in [0.25, 0.3) is 0 Å². The number of hydrogen-bond acceptors (Lipinski definition) is 6. The van der Waals surface area contributed by atoms with Gasteiger partial charge in [-0.15, -0.1) is 11.8 Å². The molecule has 8 nitrogen and oxygen atoms in total. The van der Waals surface area contributed by atoms with Gasteiger partial charge in [-0.25, -0.2) is 9.69 Å². The highest BCUT2D eigenvalue weighted by atomic mass is 32.2. The molecule has 140 valence electrons. The first kappa shape index (κ1) is 19.8. The fourth-order valence-electron chi connectivity index (χ4n) is 2.54. The summed E-state index contributed by atoms with van der Waals surface area (Å²) in [6.07, 6.45) is -0.0314. The van der Waals surface area contributed by atoms with Crippen molar-refractivity contribution in [2.75, 3.05) is 17.3 Å². The number of rotatable bonds is 8. The highest BCUT2D eigenvalue weighted by Gasteiger charge is 2.41. The van der Waals surface area contributed by atoms with Gasteiger partial charge in [0.25, 0.3) is 0 Å². The highest BCUT2D eigenvalue weighted by Crippen LogP contribution is 2.35. The Morgan fingerprint density at radius 1 is 1.38 bits per heavy atom. The average molecular weight is 380 g/mol. The molecule has 9 heteroatoms. The van der Waals surface area contributed by atoms with Crippen molar-refractivity contribution in [1.29, 1.82) is 0 Å². The van der Waals surface area contributed by atoms with Crippen LogP contribution >= 0.6 is 11.8 Å². The molecule has 3 amide bonds. The summed E-state index contributed by atoms with van der Waals surface area (Å²) < 4.78 is 5.48. The number of anilines is 1. The van der Waals surface area contributed by atoms with Gasteiger partial charge in [-0.05, 0) is 19.1 Å². The lowest BCUT2D eigenvalue weighted by Crippen LogP contribution is -2.42. The van der Waals surface area contributed by atoms with Crippen LogP contribution in [0.2, 0.25) is 0 Å². The number of carboxylic acid groups (broad SMARTS) is 1. The van der Waals surface area contributed by atoms with E-state index >= 15 is 0 Å². The smallest absolute Gasteiger partial charge is 0.327 e. The summed E-state index contributed by atoms with van der Waals surface area (Å²) in [6.45, 7) is 3.41. The minimum Gasteiger partial charge on any atom is -0.492 e. The van der Waals surface area contributed by atoms with Crippen LogP contribution in [0.15, 0.2) is 24.3 Å². The van der Waals surface area contributed by atoms with Gasteiger partial charge in [0.1, 0.15) is 11.8 Å². The first-order chi connectivity index (χ1) is 12.3. The zero-order chi connectivity index (χ0) is 19.3. The molecule has 1 saturated heterocycles. The van der Waals surface area contributed by atoms with E-state index in [1.54, 1.807) is 31.2 Å². The molecule has 1 aromatic rings. The molecule has 0 aliphatic carbocycles. The standard InChI is InChI=1S/C17H20N2O6S/c1-3-25-13-7-5-4-6-12(13)19-15(21)8-14(16(19)22)26-9-11(17(23)24)18-10(2)20/h4-7,11,14H,3,8-9H2,1-2H3,(H,18,20)(H,23,24). The van der Waals surface area contributed by atoms with E-state index in [0.29, 0.717) is 18.0 Å². The monoisotopic (exact) mass is 380 g/mol. The number of ether oxygens (including phenoxy) is 1. The number of aliphatic carboxylic acids is 1. The van der Waals surface area contributed by atoms with Gasteiger partial charge in [-0.1, -0.05) is 12.1 Å². The predicted octanol–water partition coefficient (Wildman–Crippen LogP) is 1.04. The van der Waals surface area contributed by atoms with Crippen molar-refractivity contribution in [1.82, 2.24) is 5.32 Å². The van der Waals surface area contributed by atoms with Crippen molar-refractivity contribution in [2.45, 2.75) is 31.6 Å². The maximum Gasteiger partial charge on any atom is 0.327 e. The number of amides is 3. The molecule has 1 aromatic carbocycles. The van der Waals surface area contributed by atoms with Crippen LogP contribution < -0.4 is 15.0 Å². The SMILES string of the molecule is CCOc1ccccc1N1C(=O)CC(SCC(NC(C)=O)C(=O)O)C1=O. The van der Waals surface area contributed by atoms with Gasteiger partial charge in [0.15, 0.2) is 0 Å². The fraction of sp³-hybridized carbons (Fsp3) is 0.412. The maximum absolute atomic E-state index is 12.7. The van der Waals surface area contributed by atoms with Gasteiger partial charge < -0.3 is 15.2 Å². The third kappa shape index (κ3) is 4.54. The van der Waals surface area contributed by atoms with E-state index in [1.807, 2.05) is 0 Å². The predicted molar refractivity (Wildman–Crippen MR) is 96.2 cm³/mol. The van der Waals surface area contributed by atoms with Crippen LogP contribution in [0.4, 0.5) is 5.69 Å². The minimum atomic E-state index is -1.19. The van der Waals surface area contributed by atoms with Crippen LogP contribution in [-0.2, 0) is 19.2 Å². The number of carbonyl (C=O) groups is 4. The Bertz CT molecular complexity index is 723. The van der Waals surface area contributed by atoms with Gasteiger partial charge in [0.2, 0.25) is 17.7 Å². The second-order valence-corrected chi connectivity index (χ2v) is 6.82. The van der Waals surface area contributed by atoms with Crippen LogP contribution in [0.3, 0.4) is 0 Å². The molecule has 1 heterocycles. The summed E-state index contributed by atoms with van der Waals surface area (Å²) >= 11 is 1.04. The molecule has 1 aliphatic rings. The molecule has 1 aliphatic heterocycles. The third-order valence-electron chi connectivity index (χ3n) is 3.65. The molecule has 2 N–H and O–H groups in total. The summed E-state index contributed by atoms with van der Waals surface area (Å²) in [6, 6.07) is 5.64. The summed E-state index contributed by atoms with van der Waals surface area (Å²) in [5.74, 6) is -2.03. The number of carboxylic acids is 1. The van der Waals surface area contributed by atoms with E-state index in [2.05, 4.69) is 5.32 Å². The van der Waals surface area contributed by atoms with E-state index in [0.717, 1.165) is 16.7 Å². The Morgan fingerprint density at radius 3 is 2.69 bits per heavy atom. The molecular formula is C17H20N2O6S. The molecule has 2 atom stereocenters. The van der Waals surface area contributed by atoms with Crippen molar-refractivity contribution in [3.8, 4) is 5.75 Å². The van der Waals surface area contributed by atoms with Crippen LogP contribution in [0.1, 0.15) is 20.3 Å². The van der Waals surface area contributed by atoms with Crippen molar-refractivity contribution < 1.29 is 29.0 Å². The van der Waals surface area contributed by atoms with E-state index < -0.39 is 29.1 Å². The number of para-hydroxylation sites is 2. The lowest BCUT2D eigenvalue weighted by molar-refractivity contribution is -0.140. The van der Waals surface area contributed by atoms with Gasteiger partial charge in [0, 0.05) is 19.1 Å². The molecule has 0 saturated carbocycles. The van der Waals surface area contributed by atoms with Crippen molar-refractivity contribution in [3.05, 3.63) is 24.3 Å². The molecule has 1 fully saturated rings. The summed E-state index contributed by atoms with van der Waals surface area (Å²) in [7, 11) is 0. The lowest BCUT2D eigenvalue weighted by Gasteiger charge is -2.19. The number of imide groups is 1. The average Bonchev–Trinajstić information content (AvgIpc) is 2.86. The molecule has 2 unspecified atom stereocenters. The quantitative estimate of drug-likeness (QED) is 0.648. The molecule has 26 heavy (non-hydrogen) atoms. The number of hydrogen-bond donors (Lipinski definition) is 2. The van der Waals surface area contributed by atoms with Crippen LogP contribution in [0.5, 0.6) is 5.75 Å². The van der Waals surface area contributed by atoms with Crippen molar-refractivity contribution >= 4 is 41.1 Å². The first-order valence-corrected chi connectivity index (χ1v) is 9.10. The second-order valence-electron chi connectivity index (χ2n) is 5.59. The molecule has 0 bridgehead atoms. The van der Waals surface area contributed by atoms with Crippen LogP contribution in [-0.4, -0.2) is 52.4 Å². The minimum absolute atomic E-state index is 0.0143. The molecule has 0 spiro atoms. The Hall–Kier alpha value is -2.55. The van der Waals surface area contributed by atoms with E-state index in [4.69, 9.17) is 9.84 Å². The van der Waals surface area contributed by atoms with Gasteiger partial charge in [0.05, 0.1) is 17.5 Å². The third-order valence-corrected chi connectivity index (χ3v) is 4.95. The largest absolute Gasteiger partial charge is 0.492 e. The first-order valence-electron chi connectivity index (χ1n) is 8.05. The molecule has 2 rings (SSSR count). The maximum atomic E-state index is 12.7. The molecule has 0 aromatic heterocycles. The molecular weight excluding hydrogens is 360 g/mol. The Morgan fingerprint density at radius 2 is 2.08 bits per heavy atom. The van der Waals surface area contributed by atoms with Crippen molar-refractivity contribution in [3.63, 3.8) is 0 Å². The number of nitrogens with one attached hydrogen (secondary N) is 1. The number of carbonyl (C=O) groups excluding carboxylic acids is 3. The van der Waals surface area contributed by atoms with E-state index in [9.17, 15) is 19.2 Å². The van der Waals surface area contributed by atoms with Crippen LogP contribution in [0, 0.1) is 0 Å². The lowest BCUT2D eigenvalue weighted by atomic mass is 10.2. The summed E-state index contributed by atoms with van der Waals surface area (Å²) in [4.78, 5) is 48.4. The topological polar surface area (TPSA) is 113 Å². The number of nitrogens with zero attached hydrogens (tertiary/aromatic N) is 1. The Kier molecular flexibility index (Phi) is 6.62. The van der Waals surface area contributed by atoms with E-state index in [1.165, 1.54) is 6.92 Å². The summed E-state index contributed by atoms with van der Waals surface area (Å²) in [5, 5.41) is 10.7. The van der Waals surface area contributed by atoms with Gasteiger partial charge >= 0.3 is 5.97 Å². The second kappa shape index (κ2) is 8.70. The summed E-state index contributed by atoms with van der Waals surface area (Å²) in [5.41, 5.74) is 0.379. The zero-order valence-electron chi connectivity index (χ0n) is 14.4.